The molecule has 4 unspecified atom stereocenters. The van der Waals surface area contributed by atoms with Crippen LogP contribution in [-0.4, -0.2) is 117 Å². The van der Waals surface area contributed by atoms with Crippen LogP contribution >= 0.6 is 0 Å². The molecule has 35 heavy (non-hydrogen) atoms. The van der Waals surface area contributed by atoms with Gasteiger partial charge in [-0.25, -0.2) is 0 Å². The molecule has 0 bridgehead atoms. The van der Waals surface area contributed by atoms with Crippen molar-refractivity contribution in [1.29, 1.82) is 0 Å². The lowest BCUT2D eigenvalue weighted by atomic mass is 9.97. The summed E-state index contributed by atoms with van der Waals surface area (Å²) in [6.07, 6.45) is -2.63. The Kier molecular flexibility index (Phi) is 14.4. The lowest BCUT2D eigenvalue weighted by Gasteiger charge is -2.45. The average Bonchev–Trinajstić information content (AvgIpc) is 2.86. The van der Waals surface area contributed by atoms with Crippen LogP contribution in [-0.2, 0) is 18.9 Å². The molecule has 11 nitrogen and oxygen atoms in total. The molecular formula is C24H46O11. The van der Waals surface area contributed by atoms with Crippen LogP contribution in [0, 0.1) is 0 Å². The van der Waals surface area contributed by atoms with E-state index in [-0.39, 0.29) is 0 Å². The monoisotopic (exact) mass is 510 g/mol. The van der Waals surface area contributed by atoms with E-state index in [1.165, 1.54) is 44.9 Å². The van der Waals surface area contributed by atoms with Gasteiger partial charge >= 0.3 is 0 Å². The van der Waals surface area contributed by atoms with Gasteiger partial charge in [0.2, 0.25) is 0 Å². The Balaban J connectivity index is 1.74. The molecule has 2 fully saturated rings. The van der Waals surface area contributed by atoms with Crippen molar-refractivity contribution in [2.75, 3.05) is 19.8 Å². The molecule has 0 aromatic carbocycles. The Morgan fingerprint density at radius 2 is 1.09 bits per heavy atom. The van der Waals surface area contributed by atoms with Crippen molar-refractivity contribution in [2.24, 2.45) is 0 Å². The number of aliphatic hydroxyl groups excluding tert-OH is 7. The second-order valence-electron chi connectivity index (χ2n) is 9.56. The van der Waals surface area contributed by atoms with E-state index in [1.807, 2.05) is 0 Å². The molecule has 2 aliphatic heterocycles. The minimum Gasteiger partial charge on any atom is -0.394 e. The molecule has 10 atom stereocenters. The lowest BCUT2D eigenvalue weighted by Crippen LogP contribution is -2.64. The Morgan fingerprint density at radius 3 is 1.66 bits per heavy atom. The van der Waals surface area contributed by atoms with Gasteiger partial charge < -0.3 is 54.7 Å². The first-order valence-electron chi connectivity index (χ1n) is 13.1. The van der Waals surface area contributed by atoms with Crippen LogP contribution in [0.3, 0.4) is 0 Å². The largest absolute Gasteiger partial charge is 0.394 e. The van der Waals surface area contributed by atoms with Gasteiger partial charge in [-0.3, -0.25) is 0 Å². The summed E-state index contributed by atoms with van der Waals surface area (Å²) in [5, 5.41) is 70.1. The maximum absolute atomic E-state index is 10.6. The Morgan fingerprint density at radius 1 is 0.571 bits per heavy atom. The van der Waals surface area contributed by atoms with Gasteiger partial charge in [-0.1, -0.05) is 64.7 Å². The van der Waals surface area contributed by atoms with Crippen LogP contribution in [0.2, 0.25) is 0 Å². The van der Waals surface area contributed by atoms with Crippen molar-refractivity contribution in [3.63, 3.8) is 0 Å². The Labute approximate surface area is 207 Å². The number of hydrogen-bond donors (Lipinski definition) is 7. The highest BCUT2D eigenvalue weighted by Gasteiger charge is 2.50. The summed E-state index contributed by atoms with van der Waals surface area (Å²) >= 11 is 0. The minimum atomic E-state index is -1.69. The highest BCUT2D eigenvalue weighted by Crippen LogP contribution is 2.29. The molecule has 0 aromatic heterocycles. The standard InChI is InChI=1S/C24H46O11/c1-2-3-4-5-6-7-8-9-10-11-12-32-23-21(31)19(29)22(16(14-26)34-23)35-24-20(30)18(28)17(27)15(13-25)33-24/h15-31H,2-14H2,1H3/t15?,16?,17-,18?,19?,20+,21+,22-,23-,24+/m1/s1. The number of aliphatic hydroxyl groups is 7. The zero-order chi connectivity index (χ0) is 25.8. The van der Waals surface area contributed by atoms with Crippen molar-refractivity contribution in [3.8, 4) is 0 Å². The molecule has 0 radical (unpaired) electrons. The highest BCUT2D eigenvalue weighted by molar-refractivity contribution is 4.94. The van der Waals surface area contributed by atoms with E-state index >= 15 is 0 Å². The summed E-state index contributed by atoms with van der Waals surface area (Å²) in [5.74, 6) is 0. The van der Waals surface area contributed by atoms with Gasteiger partial charge in [-0.2, -0.15) is 0 Å². The van der Waals surface area contributed by atoms with Gasteiger partial charge in [0.05, 0.1) is 13.2 Å². The molecule has 0 aliphatic carbocycles. The van der Waals surface area contributed by atoms with Gasteiger partial charge in [0.15, 0.2) is 12.6 Å². The normalized spacial score (nSPS) is 38.1. The Bertz CT molecular complexity index is 550. The first-order valence-corrected chi connectivity index (χ1v) is 13.1. The summed E-state index contributed by atoms with van der Waals surface area (Å²) in [5.41, 5.74) is 0. The van der Waals surface area contributed by atoms with E-state index in [9.17, 15) is 35.7 Å². The van der Waals surface area contributed by atoms with E-state index in [0.29, 0.717) is 6.61 Å². The van der Waals surface area contributed by atoms with E-state index in [1.54, 1.807) is 0 Å². The molecule has 0 aromatic rings. The fourth-order valence-corrected chi connectivity index (χ4v) is 4.48. The number of ether oxygens (including phenoxy) is 4. The van der Waals surface area contributed by atoms with Crippen molar-refractivity contribution < 1.29 is 54.7 Å². The van der Waals surface area contributed by atoms with Gasteiger partial charge in [-0.15, -0.1) is 0 Å². The van der Waals surface area contributed by atoms with Crippen LogP contribution in [0.5, 0.6) is 0 Å². The van der Waals surface area contributed by atoms with Gasteiger partial charge in [0.1, 0.15) is 48.8 Å². The van der Waals surface area contributed by atoms with Crippen LogP contribution in [0.1, 0.15) is 71.1 Å². The molecule has 2 saturated heterocycles. The molecule has 0 spiro atoms. The van der Waals surface area contributed by atoms with Crippen molar-refractivity contribution in [1.82, 2.24) is 0 Å². The molecule has 2 heterocycles. The van der Waals surface area contributed by atoms with Crippen molar-refractivity contribution in [3.05, 3.63) is 0 Å². The second kappa shape index (κ2) is 16.4. The maximum Gasteiger partial charge on any atom is 0.187 e. The molecule has 11 heteroatoms. The molecule has 2 rings (SSSR count). The number of hydrogen-bond acceptors (Lipinski definition) is 11. The molecule has 208 valence electrons. The predicted molar refractivity (Wildman–Crippen MR) is 124 cm³/mol. The van der Waals surface area contributed by atoms with Crippen molar-refractivity contribution in [2.45, 2.75) is 133 Å². The summed E-state index contributed by atoms with van der Waals surface area (Å²) in [6.45, 7) is 1.31. The first-order chi connectivity index (χ1) is 16.8. The van der Waals surface area contributed by atoms with Crippen LogP contribution in [0.25, 0.3) is 0 Å². The fraction of sp³-hybridized carbons (Fsp3) is 1.00. The van der Waals surface area contributed by atoms with E-state index in [0.717, 1.165) is 19.3 Å². The molecule has 2 aliphatic rings. The van der Waals surface area contributed by atoms with E-state index in [4.69, 9.17) is 18.9 Å². The third-order valence-corrected chi connectivity index (χ3v) is 6.74. The molecule has 0 saturated carbocycles. The summed E-state index contributed by atoms with van der Waals surface area (Å²) in [6, 6.07) is 0. The van der Waals surface area contributed by atoms with Gasteiger partial charge in [-0.05, 0) is 6.42 Å². The highest BCUT2D eigenvalue weighted by atomic mass is 16.7. The Hall–Kier alpha value is -0.440. The fourth-order valence-electron chi connectivity index (χ4n) is 4.48. The van der Waals surface area contributed by atoms with E-state index < -0.39 is 74.6 Å². The topological polar surface area (TPSA) is 179 Å². The van der Waals surface area contributed by atoms with Crippen LogP contribution in [0.15, 0.2) is 0 Å². The summed E-state index contributed by atoms with van der Waals surface area (Å²) in [7, 11) is 0. The molecule has 7 N–H and O–H groups in total. The number of unbranched alkanes of at least 4 members (excludes halogenated alkanes) is 9. The van der Waals surface area contributed by atoms with E-state index in [2.05, 4.69) is 6.92 Å². The third kappa shape index (κ3) is 9.11. The first kappa shape index (κ1) is 30.8. The SMILES string of the molecule is CCCCCCCCCCCCO[C@@H]1OC(CO)[C@@H](O[C@@H]2OC(CO)[C@@H](O)C(O)[C@@H]2O)C(O)[C@@H]1O. The minimum absolute atomic E-state index is 0.321. The smallest absolute Gasteiger partial charge is 0.187 e. The zero-order valence-corrected chi connectivity index (χ0v) is 20.7. The maximum atomic E-state index is 10.6. The van der Waals surface area contributed by atoms with Crippen molar-refractivity contribution >= 4 is 0 Å². The molecular weight excluding hydrogens is 464 g/mol. The van der Waals surface area contributed by atoms with Gasteiger partial charge in [0.25, 0.3) is 0 Å². The van der Waals surface area contributed by atoms with Crippen LogP contribution in [0.4, 0.5) is 0 Å². The lowest BCUT2D eigenvalue weighted by molar-refractivity contribution is -0.359. The quantitative estimate of drug-likeness (QED) is 0.134. The zero-order valence-electron chi connectivity index (χ0n) is 20.7. The average molecular weight is 511 g/mol. The summed E-state index contributed by atoms with van der Waals surface area (Å²) < 4.78 is 22.0. The van der Waals surface area contributed by atoms with Crippen LogP contribution < -0.4 is 0 Å². The predicted octanol–water partition coefficient (Wildman–Crippen LogP) is -0.452. The molecule has 0 amide bonds. The summed E-state index contributed by atoms with van der Waals surface area (Å²) in [4.78, 5) is 0. The third-order valence-electron chi connectivity index (χ3n) is 6.74. The second-order valence-corrected chi connectivity index (χ2v) is 9.56. The number of rotatable bonds is 16. The van der Waals surface area contributed by atoms with Gasteiger partial charge in [0, 0.05) is 6.61 Å².